The van der Waals surface area contributed by atoms with Crippen LogP contribution in [-0.2, 0) is 9.59 Å². The third-order valence-corrected chi connectivity index (χ3v) is 3.81. The minimum absolute atomic E-state index is 0. The molecule has 1 aromatic rings. The molecule has 1 aromatic heterocycles. The first-order valence-corrected chi connectivity index (χ1v) is 7.13. The predicted molar refractivity (Wildman–Crippen MR) is 83.1 cm³/mol. The van der Waals surface area contributed by atoms with Crippen molar-refractivity contribution in [2.24, 2.45) is 0 Å². The highest BCUT2D eigenvalue weighted by atomic mass is 35.5. The molecule has 2 amide bonds. The summed E-state index contributed by atoms with van der Waals surface area (Å²) in [4.78, 5) is 29.2. The first kappa shape index (κ1) is 17.6. The zero-order valence-electron chi connectivity index (χ0n) is 12.2. The normalized spacial score (nSPS) is 22.8. The largest absolute Gasteiger partial charge is 0.311 e. The third kappa shape index (κ3) is 3.94. The summed E-state index contributed by atoms with van der Waals surface area (Å²) in [5, 5.41) is 4.99. The standard InChI is InChI=1S/C14H16F2N4O2.ClH/c15-14(16)6-10(18-8-14)13(22)19-11-4-3-9(7-17-11)20-5-1-2-12(20)21;/h3-4,7,10,18H,1-2,5-6,8H2,(H,17,19,22);1H. The van der Waals surface area contributed by atoms with E-state index in [9.17, 15) is 18.4 Å². The van der Waals surface area contributed by atoms with Crippen molar-refractivity contribution in [3.63, 3.8) is 0 Å². The van der Waals surface area contributed by atoms with Crippen molar-refractivity contribution in [2.45, 2.75) is 31.2 Å². The molecule has 0 spiro atoms. The van der Waals surface area contributed by atoms with E-state index in [1.54, 1.807) is 17.0 Å². The van der Waals surface area contributed by atoms with E-state index in [2.05, 4.69) is 15.6 Å². The number of amides is 2. The van der Waals surface area contributed by atoms with Crippen LogP contribution in [0.2, 0.25) is 0 Å². The van der Waals surface area contributed by atoms with Crippen LogP contribution in [0.15, 0.2) is 18.3 Å². The van der Waals surface area contributed by atoms with Crippen LogP contribution in [0, 0.1) is 0 Å². The quantitative estimate of drug-likeness (QED) is 0.871. The predicted octanol–water partition coefficient (Wildman–Crippen LogP) is 1.57. The van der Waals surface area contributed by atoms with E-state index in [0.29, 0.717) is 18.7 Å². The fraction of sp³-hybridized carbons (Fsp3) is 0.500. The average Bonchev–Trinajstić information content (AvgIpc) is 3.05. The summed E-state index contributed by atoms with van der Waals surface area (Å²) in [5.74, 6) is -3.06. The molecule has 2 saturated heterocycles. The van der Waals surface area contributed by atoms with Crippen molar-refractivity contribution in [3.8, 4) is 0 Å². The van der Waals surface area contributed by atoms with Gasteiger partial charge < -0.3 is 10.2 Å². The van der Waals surface area contributed by atoms with Crippen molar-refractivity contribution in [1.82, 2.24) is 10.3 Å². The number of nitrogens with one attached hydrogen (secondary N) is 2. The van der Waals surface area contributed by atoms with Crippen LogP contribution in [-0.4, -0.2) is 41.9 Å². The lowest BCUT2D eigenvalue weighted by Gasteiger charge is -2.16. The number of pyridine rings is 1. The number of hydrogen-bond donors (Lipinski definition) is 2. The SMILES string of the molecule is Cl.O=C(Nc1ccc(N2CCCC2=O)cn1)C1CC(F)(F)CN1. The number of alkyl halides is 2. The van der Waals surface area contributed by atoms with Crippen LogP contribution in [0.5, 0.6) is 0 Å². The lowest BCUT2D eigenvalue weighted by Crippen LogP contribution is -2.35. The molecule has 2 fully saturated rings. The summed E-state index contributed by atoms with van der Waals surface area (Å²) in [6.07, 6.45) is 2.33. The number of hydrogen-bond acceptors (Lipinski definition) is 4. The fourth-order valence-corrected chi connectivity index (χ4v) is 2.66. The molecule has 3 rings (SSSR count). The molecular weight excluding hydrogens is 330 g/mol. The van der Waals surface area contributed by atoms with Crippen molar-refractivity contribution in [1.29, 1.82) is 0 Å². The first-order valence-electron chi connectivity index (χ1n) is 7.13. The molecule has 2 aliphatic heterocycles. The second kappa shape index (κ2) is 6.76. The molecule has 126 valence electrons. The van der Waals surface area contributed by atoms with Gasteiger partial charge in [-0.15, -0.1) is 12.4 Å². The van der Waals surface area contributed by atoms with Crippen LogP contribution in [0.25, 0.3) is 0 Å². The molecule has 23 heavy (non-hydrogen) atoms. The highest BCUT2D eigenvalue weighted by Gasteiger charge is 2.42. The van der Waals surface area contributed by atoms with Gasteiger partial charge in [-0.1, -0.05) is 0 Å². The van der Waals surface area contributed by atoms with Crippen molar-refractivity contribution >= 4 is 35.7 Å². The van der Waals surface area contributed by atoms with E-state index >= 15 is 0 Å². The van der Waals surface area contributed by atoms with Gasteiger partial charge in [-0.05, 0) is 18.6 Å². The third-order valence-electron chi connectivity index (χ3n) is 3.81. The summed E-state index contributed by atoms with van der Waals surface area (Å²) in [7, 11) is 0. The number of carbonyl (C=O) groups is 2. The van der Waals surface area contributed by atoms with Gasteiger partial charge in [-0.25, -0.2) is 13.8 Å². The Hall–Kier alpha value is -1.80. The van der Waals surface area contributed by atoms with Crippen molar-refractivity contribution in [3.05, 3.63) is 18.3 Å². The Morgan fingerprint density at radius 1 is 1.43 bits per heavy atom. The Kier molecular flexibility index (Phi) is 5.16. The maximum Gasteiger partial charge on any atom is 0.262 e. The van der Waals surface area contributed by atoms with Crippen molar-refractivity contribution in [2.75, 3.05) is 23.3 Å². The van der Waals surface area contributed by atoms with Gasteiger partial charge in [-0.2, -0.15) is 0 Å². The summed E-state index contributed by atoms with van der Waals surface area (Å²) >= 11 is 0. The Labute approximate surface area is 138 Å². The number of halogens is 3. The van der Waals surface area contributed by atoms with E-state index < -0.39 is 30.8 Å². The van der Waals surface area contributed by atoms with Crippen molar-refractivity contribution < 1.29 is 18.4 Å². The van der Waals surface area contributed by atoms with Gasteiger partial charge >= 0.3 is 0 Å². The molecule has 9 heteroatoms. The molecule has 2 aliphatic rings. The molecule has 1 atom stereocenters. The number of aromatic nitrogens is 1. The van der Waals surface area contributed by atoms with E-state index in [0.717, 1.165) is 6.42 Å². The van der Waals surface area contributed by atoms with Gasteiger partial charge in [0.1, 0.15) is 5.82 Å². The molecule has 1 unspecified atom stereocenters. The Bertz CT molecular complexity index is 597. The van der Waals surface area contributed by atoms with Crippen LogP contribution >= 0.6 is 12.4 Å². The van der Waals surface area contributed by atoms with Gasteiger partial charge in [-0.3, -0.25) is 14.9 Å². The highest BCUT2D eigenvalue weighted by molar-refractivity contribution is 5.96. The van der Waals surface area contributed by atoms with E-state index in [1.807, 2.05) is 0 Å². The molecule has 0 aromatic carbocycles. The maximum absolute atomic E-state index is 13.1. The lowest BCUT2D eigenvalue weighted by atomic mass is 10.2. The maximum atomic E-state index is 13.1. The monoisotopic (exact) mass is 346 g/mol. The smallest absolute Gasteiger partial charge is 0.262 e. The molecular formula is C14H17ClF2N4O2. The molecule has 0 saturated carbocycles. The Morgan fingerprint density at radius 3 is 2.74 bits per heavy atom. The Balaban J connectivity index is 0.00000192. The first-order chi connectivity index (χ1) is 10.4. The van der Waals surface area contributed by atoms with E-state index in [1.165, 1.54) is 6.20 Å². The van der Waals surface area contributed by atoms with Crippen LogP contribution in [0.3, 0.4) is 0 Å². The topological polar surface area (TPSA) is 74.3 Å². The second-order valence-electron chi connectivity index (χ2n) is 5.53. The van der Waals surface area contributed by atoms with Crippen LogP contribution in [0.1, 0.15) is 19.3 Å². The minimum Gasteiger partial charge on any atom is -0.311 e. The van der Waals surface area contributed by atoms with E-state index in [4.69, 9.17) is 0 Å². The molecule has 0 bridgehead atoms. The second-order valence-corrected chi connectivity index (χ2v) is 5.53. The average molecular weight is 347 g/mol. The van der Waals surface area contributed by atoms with E-state index in [-0.39, 0.29) is 24.1 Å². The molecule has 2 N–H and O–H groups in total. The van der Waals surface area contributed by atoms with Crippen LogP contribution < -0.4 is 15.5 Å². The number of rotatable bonds is 3. The number of nitrogens with zero attached hydrogens (tertiary/aromatic N) is 2. The minimum atomic E-state index is -2.85. The molecule has 6 nitrogen and oxygen atoms in total. The zero-order valence-corrected chi connectivity index (χ0v) is 13.0. The van der Waals surface area contributed by atoms with Gasteiger partial charge in [0, 0.05) is 19.4 Å². The fourth-order valence-electron chi connectivity index (χ4n) is 2.66. The molecule has 3 heterocycles. The van der Waals surface area contributed by atoms with Crippen LogP contribution in [0.4, 0.5) is 20.3 Å². The van der Waals surface area contributed by atoms with Gasteiger partial charge in [0.25, 0.3) is 5.92 Å². The summed E-state index contributed by atoms with van der Waals surface area (Å²) in [6, 6.07) is 2.32. The summed E-state index contributed by atoms with van der Waals surface area (Å²) < 4.78 is 26.1. The molecule has 0 aliphatic carbocycles. The number of anilines is 2. The number of carbonyl (C=O) groups excluding carboxylic acids is 2. The van der Waals surface area contributed by atoms with Gasteiger partial charge in [0.15, 0.2) is 0 Å². The van der Waals surface area contributed by atoms with Gasteiger partial charge in [0.05, 0.1) is 24.5 Å². The highest BCUT2D eigenvalue weighted by Crippen LogP contribution is 2.26. The molecule has 0 radical (unpaired) electrons. The lowest BCUT2D eigenvalue weighted by molar-refractivity contribution is -0.118. The summed E-state index contributed by atoms with van der Waals surface area (Å²) in [5.41, 5.74) is 0.672. The van der Waals surface area contributed by atoms with Gasteiger partial charge in [0.2, 0.25) is 11.8 Å². The Morgan fingerprint density at radius 2 is 2.22 bits per heavy atom. The zero-order chi connectivity index (χ0) is 15.7. The summed E-state index contributed by atoms with van der Waals surface area (Å²) in [6.45, 7) is 0.168.